The van der Waals surface area contributed by atoms with Crippen LogP contribution in [0.5, 0.6) is 0 Å². The van der Waals surface area contributed by atoms with Gasteiger partial charge in [0, 0.05) is 25.2 Å². The van der Waals surface area contributed by atoms with E-state index in [4.69, 9.17) is 11.6 Å². The molecule has 1 aromatic rings. The topological polar surface area (TPSA) is 61.4 Å². The highest BCUT2D eigenvalue weighted by Crippen LogP contribution is 2.26. The SMILES string of the molecule is CC(CC(=O)Nc1ccc(C(=O)N2CCCCC2)c(Cl)c1)C1CCNCC1. The van der Waals surface area contributed by atoms with Crippen LogP contribution in [0.3, 0.4) is 0 Å². The zero-order chi connectivity index (χ0) is 19.2. The van der Waals surface area contributed by atoms with E-state index >= 15 is 0 Å². The molecule has 0 bridgehead atoms. The minimum absolute atomic E-state index is 0.00667. The summed E-state index contributed by atoms with van der Waals surface area (Å²) in [5.41, 5.74) is 1.16. The minimum atomic E-state index is -0.0166. The molecule has 5 nitrogen and oxygen atoms in total. The standard InChI is InChI=1S/C21H30ClN3O2/c1-15(16-7-9-23-10-8-16)13-20(26)24-17-5-6-18(19(22)14-17)21(27)25-11-3-2-4-12-25/h5-6,14-16,23H,2-4,7-13H2,1H3,(H,24,26). The van der Waals surface area contributed by atoms with Crippen LogP contribution in [0.25, 0.3) is 0 Å². The molecular weight excluding hydrogens is 362 g/mol. The Kier molecular flexibility index (Phi) is 7.13. The number of carbonyl (C=O) groups is 2. The Labute approximate surface area is 166 Å². The average Bonchev–Trinajstić information content (AvgIpc) is 2.69. The Morgan fingerprint density at radius 2 is 1.93 bits per heavy atom. The van der Waals surface area contributed by atoms with Gasteiger partial charge < -0.3 is 15.5 Å². The van der Waals surface area contributed by atoms with Gasteiger partial charge in [0.1, 0.15) is 0 Å². The van der Waals surface area contributed by atoms with Crippen molar-refractivity contribution in [3.8, 4) is 0 Å². The first-order valence-electron chi connectivity index (χ1n) is 10.1. The average molecular weight is 392 g/mol. The van der Waals surface area contributed by atoms with Crippen molar-refractivity contribution in [3.63, 3.8) is 0 Å². The van der Waals surface area contributed by atoms with Crippen LogP contribution < -0.4 is 10.6 Å². The lowest BCUT2D eigenvalue weighted by atomic mass is 9.84. The molecule has 2 fully saturated rings. The molecule has 2 heterocycles. The van der Waals surface area contributed by atoms with E-state index in [2.05, 4.69) is 17.6 Å². The Morgan fingerprint density at radius 1 is 1.22 bits per heavy atom. The van der Waals surface area contributed by atoms with E-state index in [0.29, 0.717) is 34.5 Å². The lowest BCUT2D eigenvalue weighted by molar-refractivity contribution is -0.117. The molecule has 0 aromatic heterocycles. The van der Waals surface area contributed by atoms with Gasteiger partial charge in [-0.1, -0.05) is 18.5 Å². The van der Waals surface area contributed by atoms with Crippen LogP contribution in [0.4, 0.5) is 5.69 Å². The second-order valence-electron chi connectivity index (χ2n) is 7.86. The highest BCUT2D eigenvalue weighted by Gasteiger charge is 2.23. The van der Waals surface area contributed by atoms with E-state index in [1.807, 2.05) is 4.90 Å². The first-order chi connectivity index (χ1) is 13.0. The summed E-state index contributed by atoms with van der Waals surface area (Å²) in [6, 6.07) is 5.19. The van der Waals surface area contributed by atoms with Crippen LogP contribution in [-0.4, -0.2) is 42.9 Å². The number of carbonyl (C=O) groups excluding carboxylic acids is 2. The van der Waals surface area contributed by atoms with Gasteiger partial charge in [0.25, 0.3) is 5.91 Å². The highest BCUT2D eigenvalue weighted by atomic mass is 35.5. The maximum Gasteiger partial charge on any atom is 0.255 e. The summed E-state index contributed by atoms with van der Waals surface area (Å²) >= 11 is 6.35. The number of nitrogens with zero attached hydrogens (tertiary/aromatic N) is 1. The zero-order valence-electron chi connectivity index (χ0n) is 16.1. The Hall–Kier alpha value is -1.59. The molecule has 2 amide bonds. The molecule has 148 valence electrons. The molecule has 0 aliphatic carbocycles. The maximum atomic E-state index is 12.6. The molecule has 1 atom stereocenters. The van der Waals surface area contributed by atoms with Gasteiger partial charge in [0.15, 0.2) is 0 Å². The molecule has 1 unspecified atom stereocenters. The molecule has 2 N–H and O–H groups in total. The predicted molar refractivity (Wildman–Crippen MR) is 109 cm³/mol. The van der Waals surface area contributed by atoms with E-state index in [1.165, 1.54) is 6.42 Å². The first-order valence-corrected chi connectivity index (χ1v) is 10.5. The summed E-state index contributed by atoms with van der Waals surface area (Å²) < 4.78 is 0. The first kappa shape index (κ1) is 20.2. The van der Waals surface area contributed by atoms with Crippen molar-refractivity contribution in [2.24, 2.45) is 11.8 Å². The van der Waals surface area contributed by atoms with Gasteiger partial charge in [0.2, 0.25) is 5.91 Å². The monoisotopic (exact) mass is 391 g/mol. The van der Waals surface area contributed by atoms with Crippen LogP contribution in [0.15, 0.2) is 18.2 Å². The second-order valence-corrected chi connectivity index (χ2v) is 8.27. The van der Waals surface area contributed by atoms with Crippen LogP contribution in [-0.2, 0) is 4.79 Å². The quantitative estimate of drug-likeness (QED) is 0.799. The van der Waals surface area contributed by atoms with Crippen molar-refractivity contribution in [1.29, 1.82) is 0 Å². The Morgan fingerprint density at radius 3 is 2.59 bits per heavy atom. The number of hydrogen-bond acceptors (Lipinski definition) is 3. The summed E-state index contributed by atoms with van der Waals surface area (Å²) in [5, 5.41) is 6.69. The van der Waals surface area contributed by atoms with Crippen molar-refractivity contribution in [2.45, 2.75) is 45.4 Å². The fourth-order valence-corrected chi connectivity index (χ4v) is 4.38. The number of nitrogens with one attached hydrogen (secondary N) is 2. The van der Waals surface area contributed by atoms with Gasteiger partial charge in [-0.25, -0.2) is 0 Å². The number of hydrogen-bond donors (Lipinski definition) is 2. The third kappa shape index (κ3) is 5.45. The highest BCUT2D eigenvalue weighted by molar-refractivity contribution is 6.34. The van der Waals surface area contributed by atoms with E-state index in [0.717, 1.165) is 51.9 Å². The molecule has 3 rings (SSSR count). The number of rotatable bonds is 5. The molecule has 2 saturated heterocycles. The van der Waals surface area contributed by atoms with Gasteiger partial charge >= 0.3 is 0 Å². The van der Waals surface area contributed by atoms with Crippen LogP contribution >= 0.6 is 11.6 Å². The molecule has 1 aromatic carbocycles. The lowest BCUT2D eigenvalue weighted by Gasteiger charge is -2.28. The summed E-state index contributed by atoms with van der Waals surface area (Å²) in [6.07, 6.45) is 6.05. The predicted octanol–water partition coefficient (Wildman–Crippen LogP) is 3.93. The molecule has 0 radical (unpaired) electrons. The molecule has 0 spiro atoms. The zero-order valence-corrected chi connectivity index (χ0v) is 16.9. The van der Waals surface area contributed by atoms with Gasteiger partial charge in [-0.15, -0.1) is 0 Å². The van der Waals surface area contributed by atoms with Crippen molar-refractivity contribution in [3.05, 3.63) is 28.8 Å². The molecule has 6 heteroatoms. The summed E-state index contributed by atoms with van der Waals surface area (Å²) in [4.78, 5) is 26.9. The third-order valence-electron chi connectivity index (χ3n) is 5.82. The van der Waals surface area contributed by atoms with Crippen molar-refractivity contribution in [1.82, 2.24) is 10.2 Å². The van der Waals surface area contributed by atoms with Gasteiger partial charge in [-0.05, 0) is 75.2 Å². The van der Waals surface area contributed by atoms with Gasteiger partial charge in [-0.3, -0.25) is 9.59 Å². The molecular formula is C21H30ClN3O2. The van der Waals surface area contributed by atoms with Gasteiger partial charge in [-0.2, -0.15) is 0 Å². The van der Waals surface area contributed by atoms with Crippen molar-refractivity contribution in [2.75, 3.05) is 31.5 Å². The van der Waals surface area contributed by atoms with Gasteiger partial charge in [0.05, 0.1) is 10.6 Å². The molecule has 2 aliphatic heterocycles. The second kappa shape index (κ2) is 9.56. The van der Waals surface area contributed by atoms with Crippen molar-refractivity contribution >= 4 is 29.1 Å². The minimum Gasteiger partial charge on any atom is -0.339 e. The molecule has 2 aliphatic rings. The number of anilines is 1. The molecule has 27 heavy (non-hydrogen) atoms. The van der Waals surface area contributed by atoms with E-state index in [9.17, 15) is 9.59 Å². The van der Waals surface area contributed by atoms with E-state index < -0.39 is 0 Å². The van der Waals surface area contributed by atoms with E-state index in [-0.39, 0.29) is 11.8 Å². The van der Waals surface area contributed by atoms with E-state index in [1.54, 1.807) is 18.2 Å². The number of benzene rings is 1. The lowest BCUT2D eigenvalue weighted by Crippen LogP contribution is -2.35. The van der Waals surface area contributed by atoms with Crippen LogP contribution in [0.2, 0.25) is 5.02 Å². The van der Waals surface area contributed by atoms with Crippen molar-refractivity contribution < 1.29 is 9.59 Å². The Bertz CT molecular complexity index is 667. The largest absolute Gasteiger partial charge is 0.339 e. The third-order valence-corrected chi connectivity index (χ3v) is 6.14. The summed E-state index contributed by atoms with van der Waals surface area (Å²) in [6.45, 7) is 5.82. The number of amides is 2. The fraction of sp³-hybridized carbons (Fsp3) is 0.619. The van der Waals surface area contributed by atoms with Crippen LogP contribution in [0, 0.1) is 11.8 Å². The maximum absolute atomic E-state index is 12.6. The normalized spacial score (nSPS) is 19.6. The summed E-state index contributed by atoms with van der Waals surface area (Å²) in [5.74, 6) is 0.956. The number of halogens is 1. The van der Waals surface area contributed by atoms with Crippen LogP contribution in [0.1, 0.15) is 55.8 Å². The number of likely N-dealkylation sites (tertiary alicyclic amines) is 1. The summed E-state index contributed by atoms with van der Waals surface area (Å²) in [7, 11) is 0. The Balaban J connectivity index is 1.56. The fourth-order valence-electron chi connectivity index (χ4n) is 4.12. The number of piperidine rings is 2. The smallest absolute Gasteiger partial charge is 0.255 e. The molecule has 0 saturated carbocycles.